The van der Waals surface area contributed by atoms with E-state index in [4.69, 9.17) is 42.6 Å². The van der Waals surface area contributed by atoms with E-state index in [1.165, 1.54) is 128 Å². The van der Waals surface area contributed by atoms with Crippen LogP contribution in [0.25, 0.3) is 0 Å². The van der Waals surface area contributed by atoms with Gasteiger partial charge in [0.05, 0.1) is 25.7 Å². The minimum absolute atomic E-state index is 0.248. The highest BCUT2D eigenvalue weighted by Gasteiger charge is 2.20. The number of hydrogen-bond acceptors (Lipinski definition) is 9. The van der Waals surface area contributed by atoms with Crippen LogP contribution in [-0.2, 0) is 55.8 Å². The highest BCUT2D eigenvalue weighted by Crippen LogP contribution is 2.17. The molecule has 0 saturated heterocycles. The Morgan fingerprint density at radius 3 is 0.970 bits per heavy atom. The molecule has 0 amide bonds. The van der Waals surface area contributed by atoms with Gasteiger partial charge in [0, 0.05) is 39.3 Å². The van der Waals surface area contributed by atoms with E-state index in [-0.39, 0.29) is 25.8 Å². The summed E-state index contributed by atoms with van der Waals surface area (Å²) in [4.78, 5) is 0. The largest absolute Gasteiger partial charge is 0.449 e. The topological polar surface area (TPSA) is 83.1 Å². The number of unbranched alkanes of at least 4 members (excludes halogenated alkanes) is 20. The molecule has 0 heterocycles. The normalized spacial score (nSPS) is 12.9. The molecule has 9 heteroatoms. The Hall–Kier alpha value is -2.76. The van der Waals surface area contributed by atoms with Crippen molar-refractivity contribution in [3.8, 4) is 0 Å². The summed E-state index contributed by atoms with van der Waals surface area (Å²) in [7, 11) is 0. The van der Waals surface area contributed by atoms with Gasteiger partial charge in [-0.3, -0.25) is 4.74 Å². The molecule has 0 aliphatic rings. The lowest BCUT2D eigenvalue weighted by Crippen LogP contribution is -2.29. The van der Waals surface area contributed by atoms with Crippen LogP contribution in [0.5, 0.6) is 0 Å². The van der Waals surface area contributed by atoms with Gasteiger partial charge in [-0.1, -0.05) is 217 Å². The van der Waals surface area contributed by atoms with Crippen molar-refractivity contribution in [2.24, 2.45) is 0 Å². The maximum Gasteiger partial charge on any atom is 0.320 e. The first kappa shape index (κ1) is 60.4. The second kappa shape index (κ2) is 46.9. The van der Waals surface area contributed by atoms with Crippen LogP contribution in [0.1, 0.15) is 219 Å². The van der Waals surface area contributed by atoms with Gasteiger partial charge in [-0.15, -0.1) is 0 Å². The van der Waals surface area contributed by atoms with Crippen molar-refractivity contribution in [2.75, 3.05) is 26.4 Å². The van der Waals surface area contributed by atoms with E-state index in [0.717, 1.165) is 76.1 Å². The fraction of sp³-hybridized carbons (Fsp3) is 0.724. The lowest BCUT2D eigenvalue weighted by Gasteiger charge is -2.24. The van der Waals surface area contributed by atoms with E-state index in [1.54, 1.807) is 12.5 Å². The molecule has 0 aliphatic carbocycles. The van der Waals surface area contributed by atoms with Gasteiger partial charge in [0.2, 0.25) is 0 Å². The van der Waals surface area contributed by atoms with Crippen LogP contribution in [0.3, 0.4) is 0 Å². The fourth-order valence-electron chi connectivity index (χ4n) is 7.45. The predicted octanol–water partition coefficient (Wildman–Crippen LogP) is 16.8. The molecule has 0 N–H and O–H groups in total. The first-order valence-electron chi connectivity index (χ1n) is 27.2. The number of benzene rings is 2. The summed E-state index contributed by atoms with van der Waals surface area (Å²) >= 11 is 0. The summed E-state index contributed by atoms with van der Waals surface area (Å²) in [6, 6.07) is 19.9. The molecule has 2 aromatic carbocycles. The number of rotatable bonds is 50. The first-order chi connectivity index (χ1) is 33.2. The molecular weight excluding hydrogens is 841 g/mol. The number of ether oxygens (including phenoxy) is 9. The summed E-state index contributed by atoms with van der Waals surface area (Å²) < 4.78 is 55.9. The Morgan fingerprint density at radius 1 is 0.358 bits per heavy atom. The minimum atomic E-state index is -1.11. The monoisotopic (exact) mass is 939 g/mol. The predicted molar refractivity (Wildman–Crippen MR) is 275 cm³/mol. The summed E-state index contributed by atoms with van der Waals surface area (Å²) in [5, 5.41) is 0. The van der Waals surface area contributed by atoms with Crippen LogP contribution in [-0.4, -0.2) is 52.0 Å². The molecule has 0 bridgehead atoms. The van der Waals surface area contributed by atoms with Crippen molar-refractivity contribution in [2.45, 2.75) is 246 Å². The SMILES string of the molecule is CCCCCCCCOC(CCC=COC(OCc1ccccc1)OC(OC=CCCC(OCCCCCCCC)OCCCCCCCC)OCc1ccccc1)OCCCCCCCC. The Labute approximate surface area is 410 Å². The smallest absolute Gasteiger partial charge is 0.320 e. The van der Waals surface area contributed by atoms with E-state index in [2.05, 4.69) is 27.7 Å². The molecule has 9 nitrogen and oxygen atoms in total. The van der Waals surface area contributed by atoms with Crippen LogP contribution in [0.4, 0.5) is 0 Å². The molecule has 2 rings (SSSR count). The molecule has 67 heavy (non-hydrogen) atoms. The highest BCUT2D eigenvalue weighted by molar-refractivity contribution is 5.14. The highest BCUT2D eigenvalue weighted by atomic mass is 16.9. The van der Waals surface area contributed by atoms with Crippen molar-refractivity contribution in [3.05, 3.63) is 96.5 Å². The molecule has 0 aromatic heterocycles. The van der Waals surface area contributed by atoms with E-state index in [0.29, 0.717) is 12.8 Å². The molecule has 2 aromatic rings. The van der Waals surface area contributed by atoms with Crippen molar-refractivity contribution in [1.82, 2.24) is 0 Å². The first-order valence-corrected chi connectivity index (χ1v) is 27.2. The van der Waals surface area contributed by atoms with Crippen molar-refractivity contribution >= 4 is 0 Å². The molecule has 2 unspecified atom stereocenters. The second-order valence-corrected chi connectivity index (χ2v) is 17.9. The minimum Gasteiger partial charge on any atom is -0.449 e. The summed E-state index contributed by atoms with van der Waals surface area (Å²) in [6.07, 6.45) is 39.1. The number of allylic oxidation sites excluding steroid dienone is 2. The average molecular weight is 939 g/mol. The van der Waals surface area contributed by atoms with Gasteiger partial charge in [-0.25, -0.2) is 0 Å². The Balaban J connectivity index is 2.04. The third-order valence-corrected chi connectivity index (χ3v) is 11.6. The summed E-state index contributed by atoms with van der Waals surface area (Å²) in [5.41, 5.74) is 1.98. The quantitative estimate of drug-likeness (QED) is 0.0366. The van der Waals surface area contributed by atoms with Gasteiger partial charge in [0.15, 0.2) is 12.6 Å². The van der Waals surface area contributed by atoms with E-state index < -0.39 is 13.0 Å². The Kier molecular flexibility index (Phi) is 42.3. The molecule has 0 saturated carbocycles. The molecule has 384 valence electrons. The molecule has 0 aliphatic heterocycles. The van der Waals surface area contributed by atoms with Gasteiger partial charge in [-0.2, -0.15) is 0 Å². The van der Waals surface area contributed by atoms with Crippen LogP contribution < -0.4 is 0 Å². The van der Waals surface area contributed by atoms with E-state index in [1.807, 2.05) is 72.8 Å². The van der Waals surface area contributed by atoms with Gasteiger partial charge >= 0.3 is 13.0 Å². The van der Waals surface area contributed by atoms with Crippen LogP contribution in [0.2, 0.25) is 0 Å². The molecule has 0 radical (unpaired) electrons. The van der Waals surface area contributed by atoms with Crippen molar-refractivity contribution in [1.29, 1.82) is 0 Å². The van der Waals surface area contributed by atoms with Gasteiger partial charge in [-0.05, 0) is 61.8 Å². The molecule has 2 atom stereocenters. The standard InChI is InChI=1S/C58H98O9/c1-5-9-13-17-21-33-45-59-55(60-46-34-22-18-14-10-6-2)43-31-37-49-63-57(65-51-53-39-27-25-28-40-53)67-58(66-52-54-41-29-26-30-42-54)64-50-38-32-44-56(61-47-35-23-19-15-11-7-3)62-48-36-24-20-16-12-8-4/h25-30,37-42,49-50,55-58H,5-24,31-36,43-48,51-52H2,1-4H3. The van der Waals surface area contributed by atoms with E-state index in [9.17, 15) is 0 Å². The maximum atomic E-state index is 6.27. The van der Waals surface area contributed by atoms with Gasteiger partial charge in [0.25, 0.3) is 0 Å². The van der Waals surface area contributed by atoms with Crippen LogP contribution in [0, 0.1) is 0 Å². The zero-order valence-corrected chi connectivity index (χ0v) is 43.1. The zero-order chi connectivity index (χ0) is 47.8. The van der Waals surface area contributed by atoms with Crippen LogP contribution in [0.15, 0.2) is 85.3 Å². The Bertz CT molecular complexity index is 1200. The second-order valence-electron chi connectivity index (χ2n) is 17.9. The number of hydrogen-bond donors (Lipinski definition) is 0. The molecular formula is C58H98O9. The fourth-order valence-corrected chi connectivity index (χ4v) is 7.45. The van der Waals surface area contributed by atoms with Gasteiger partial charge in [0.1, 0.15) is 0 Å². The lowest BCUT2D eigenvalue weighted by molar-refractivity contribution is -0.383. The van der Waals surface area contributed by atoms with Crippen molar-refractivity contribution < 1.29 is 42.6 Å². The summed E-state index contributed by atoms with van der Waals surface area (Å²) in [6.45, 7) is 10.2. The average Bonchev–Trinajstić information content (AvgIpc) is 3.35. The van der Waals surface area contributed by atoms with Crippen LogP contribution >= 0.6 is 0 Å². The summed E-state index contributed by atoms with van der Waals surface area (Å²) in [5.74, 6) is 0. The zero-order valence-electron chi connectivity index (χ0n) is 43.1. The maximum absolute atomic E-state index is 6.27. The lowest BCUT2D eigenvalue weighted by atomic mass is 10.1. The molecule has 0 fully saturated rings. The van der Waals surface area contributed by atoms with Gasteiger partial charge < -0.3 is 37.9 Å². The molecule has 0 spiro atoms. The Morgan fingerprint density at radius 2 is 0.657 bits per heavy atom. The third kappa shape index (κ3) is 37.8. The van der Waals surface area contributed by atoms with Crippen molar-refractivity contribution in [3.63, 3.8) is 0 Å². The third-order valence-electron chi connectivity index (χ3n) is 11.6. The van der Waals surface area contributed by atoms with E-state index >= 15 is 0 Å².